The van der Waals surface area contributed by atoms with Gasteiger partial charge in [0.2, 0.25) is 0 Å². The molecule has 1 unspecified atom stereocenters. The third-order valence-electron chi connectivity index (χ3n) is 4.10. The van der Waals surface area contributed by atoms with Gasteiger partial charge in [-0.05, 0) is 55.7 Å². The molecule has 94 valence electrons. The Labute approximate surface area is 107 Å². The average Bonchev–Trinajstić information content (AvgIpc) is 3.19. The van der Waals surface area contributed by atoms with Crippen LogP contribution in [0.1, 0.15) is 49.8 Å². The Hall–Kier alpha value is -1.35. The smallest absolute Gasteiger partial charge is 0.150 e. The molecule has 2 heterocycles. The van der Waals surface area contributed by atoms with E-state index in [9.17, 15) is 0 Å². The van der Waals surface area contributed by atoms with Crippen LogP contribution in [0.2, 0.25) is 0 Å². The molecule has 0 bridgehead atoms. The molecule has 2 aliphatic rings. The Bertz CT molecular complexity index is 565. The highest BCUT2D eigenvalue weighted by molar-refractivity contribution is 5.79. The lowest BCUT2D eigenvalue weighted by atomic mass is 10.1. The minimum absolute atomic E-state index is 0.142. The maximum atomic E-state index is 5.82. The molecule has 1 aromatic heterocycles. The fourth-order valence-corrected chi connectivity index (χ4v) is 2.89. The lowest BCUT2D eigenvalue weighted by Gasteiger charge is -2.23. The highest BCUT2D eigenvalue weighted by atomic mass is 16.5. The van der Waals surface area contributed by atoms with E-state index in [4.69, 9.17) is 4.74 Å². The monoisotopic (exact) mass is 242 g/mol. The van der Waals surface area contributed by atoms with Gasteiger partial charge in [0.05, 0.1) is 11.7 Å². The summed E-state index contributed by atoms with van der Waals surface area (Å²) in [6.45, 7) is 0.867. The highest BCUT2D eigenvalue weighted by Crippen LogP contribution is 2.41. The summed E-state index contributed by atoms with van der Waals surface area (Å²) in [5.41, 5.74) is 2.69. The molecule has 0 spiro atoms. The van der Waals surface area contributed by atoms with E-state index in [1.165, 1.54) is 42.1 Å². The van der Waals surface area contributed by atoms with Crippen LogP contribution in [0.25, 0.3) is 10.9 Å². The summed E-state index contributed by atoms with van der Waals surface area (Å²) in [4.78, 5) is 0. The molecule has 2 fully saturated rings. The van der Waals surface area contributed by atoms with Crippen LogP contribution < -0.4 is 0 Å². The molecule has 0 radical (unpaired) electrons. The Morgan fingerprint density at radius 2 is 2.11 bits per heavy atom. The molecule has 2 aromatic rings. The first kappa shape index (κ1) is 10.6. The SMILES string of the molecule is c1cc2c(cnn2C2CCCCO2)cc1C1CC1. The van der Waals surface area contributed by atoms with Gasteiger partial charge in [0.1, 0.15) is 0 Å². The molecule has 1 aliphatic heterocycles. The number of hydrogen-bond acceptors (Lipinski definition) is 2. The number of aromatic nitrogens is 2. The first-order valence-electron chi connectivity index (χ1n) is 7.00. The molecular weight excluding hydrogens is 224 g/mol. The molecule has 1 aromatic carbocycles. The van der Waals surface area contributed by atoms with E-state index in [-0.39, 0.29) is 6.23 Å². The van der Waals surface area contributed by atoms with E-state index in [0.717, 1.165) is 18.9 Å². The Kier molecular flexibility index (Phi) is 2.40. The predicted octanol–water partition coefficient (Wildman–Crippen LogP) is 3.61. The molecule has 1 saturated carbocycles. The van der Waals surface area contributed by atoms with Crippen molar-refractivity contribution in [2.75, 3.05) is 6.61 Å². The molecule has 18 heavy (non-hydrogen) atoms. The van der Waals surface area contributed by atoms with Gasteiger partial charge in [-0.1, -0.05) is 6.07 Å². The third-order valence-corrected chi connectivity index (χ3v) is 4.10. The first-order valence-corrected chi connectivity index (χ1v) is 7.00. The Balaban J connectivity index is 1.72. The topological polar surface area (TPSA) is 27.1 Å². The van der Waals surface area contributed by atoms with Crippen LogP contribution in [0.5, 0.6) is 0 Å². The van der Waals surface area contributed by atoms with Gasteiger partial charge in [0.15, 0.2) is 6.23 Å². The van der Waals surface area contributed by atoms with Gasteiger partial charge >= 0.3 is 0 Å². The van der Waals surface area contributed by atoms with Crippen molar-refractivity contribution in [3.63, 3.8) is 0 Å². The second-order valence-corrected chi connectivity index (χ2v) is 5.50. The van der Waals surface area contributed by atoms with E-state index in [1.807, 2.05) is 6.20 Å². The fourth-order valence-electron chi connectivity index (χ4n) is 2.89. The maximum absolute atomic E-state index is 5.82. The van der Waals surface area contributed by atoms with E-state index >= 15 is 0 Å². The summed E-state index contributed by atoms with van der Waals surface area (Å²) in [6, 6.07) is 6.79. The van der Waals surface area contributed by atoms with Crippen LogP contribution in [0, 0.1) is 0 Å². The zero-order chi connectivity index (χ0) is 11.9. The summed E-state index contributed by atoms with van der Waals surface area (Å²) >= 11 is 0. The van der Waals surface area contributed by atoms with Gasteiger partial charge in [0.25, 0.3) is 0 Å². The summed E-state index contributed by atoms with van der Waals surface area (Å²) in [5.74, 6) is 0.809. The van der Waals surface area contributed by atoms with Crippen molar-refractivity contribution in [3.8, 4) is 0 Å². The van der Waals surface area contributed by atoms with Crippen molar-refractivity contribution in [1.29, 1.82) is 0 Å². The zero-order valence-electron chi connectivity index (χ0n) is 10.5. The van der Waals surface area contributed by atoms with Gasteiger partial charge in [-0.3, -0.25) is 0 Å². The number of nitrogens with zero attached hydrogens (tertiary/aromatic N) is 2. The minimum atomic E-state index is 0.142. The van der Waals surface area contributed by atoms with Crippen LogP contribution in [-0.4, -0.2) is 16.4 Å². The molecular formula is C15H18N2O. The Morgan fingerprint density at radius 3 is 2.89 bits per heavy atom. The van der Waals surface area contributed by atoms with Crippen molar-refractivity contribution in [2.45, 2.75) is 44.2 Å². The molecule has 1 aliphatic carbocycles. The molecule has 4 rings (SSSR count). The first-order chi connectivity index (χ1) is 8.92. The van der Waals surface area contributed by atoms with E-state index in [2.05, 4.69) is 28.0 Å². The van der Waals surface area contributed by atoms with Crippen LogP contribution >= 0.6 is 0 Å². The number of ether oxygens (including phenoxy) is 1. The molecule has 3 nitrogen and oxygen atoms in total. The average molecular weight is 242 g/mol. The number of benzene rings is 1. The second-order valence-electron chi connectivity index (χ2n) is 5.50. The molecule has 0 N–H and O–H groups in total. The lowest BCUT2D eigenvalue weighted by Crippen LogP contribution is -2.18. The highest BCUT2D eigenvalue weighted by Gasteiger charge is 2.24. The van der Waals surface area contributed by atoms with Crippen LogP contribution in [0.15, 0.2) is 24.4 Å². The van der Waals surface area contributed by atoms with Crippen molar-refractivity contribution >= 4 is 10.9 Å². The van der Waals surface area contributed by atoms with Gasteiger partial charge in [-0.25, -0.2) is 4.68 Å². The number of fused-ring (bicyclic) bond motifs is 1. The molecule has 1 atom stereocenters. The molecule has 0 amide bonds. The van der Waals surface area contributed by atoms with Crippen LogP contribution in [-0.2, 0) is 4.74 Å². The minimum Gasteiger partial charge on any atom is -0.356 e. The molecule has 1 saturated heterocycles. The summed E-state index contributed by atoms with van der Waals surface area (Å²) in [5, 5.41) is 5.79. The number of rotatable bonds is 2. The quantitative estimate of drug-likeness (QED) is 0.804. The normalized spacial score (nSPS) is 24.6. The van der Waals surface area contributed by atoms with Gasteiger partial charge in [-0.2, -0.15) is 5.10 Å². The van der Waals surface area contributed by atoms with Gasteiger partial charge in [0, 0.05) is 12.0 Å². The zero-order valence-corrected chi connectivity index (χ0v) is 10.5. The Morgan fingerprint density at radius 1 is 1.17 bits per heavy atom. The van der Waals surface area contributed by atoms with Crippen molar-refractivity contribution in [2.24, 2.45) is 0 Å². The van der Waals surface area contributed by atoms with Crippen LogP contribution in [0.4, 0.5) is 0 Å². The van der Waals surface area contributed by atoms with Gasteiger partial charge < -0.3 is 4.74 Å². The lowest BCUT2D eigenvalue weighted by molar-refractivity contribution is -0.0366. The maximum Gasteiger partial charge on any atom is 0.150 e. The van der Waals surface area contributed by atoms with E-state index < -0.39 is 0 Å². The third kappa shape index (κ3) is 1.74. The van der Waals surface area contributed by atoms with Crippen molar-refractivity contribution < 1.29 is 4.74 Å². The number of hydrogen-bond donors (Lipinski definition) is 0. The van der Waals surface area contributed by atoms with E-state index in [0.29, 0.717) is 0 Å². The largest absolute Gasteiger partial charge is 0.356 e. The predicted molar refractivity (Wildman–Crippen MR) is 70.5 cm³/mol. The second kappa shape index (κ2) is 4.09. The summed E-state index contributed by atoms with van der Waals surface area (Å²) in [6.07, 6.45) is 8.34. The van der Waals surface area contributed by atoms with Gasteiger partial charge in [-0.15, -0.1) is 0 Å². The van der Waals surface area contributed by atoms with Crippen LogP contribution in [0.3, 0.4) is 0 Å². The fraction of sp³-hybridized carbons (Fsp3) is 0.533. The van der Waals surface area contributed by atoms with E-state index in [1.54, 1.807) is 0 Å². The summed E-state index contributed by atoms with van der Waals surface area (Å²) in [7, 11) is 0. The van der Waals surface area contributed by atoms with Crippen molar-refractivity contribution in [1.82, 2.24) is 9.78 Å². The molecule has 3 heteroatoms. The van der Waals surface area contributed by atoms with Crippen molar-refractivity contribution in [3.05, 3.63) is 30.0 Å². The standard InChI is InChI=1S/C15H18N2O/c1-2-8-18-15(3-1)17-14-7-6-12(11-4-5-11)9-13(14)10-16-17/h6-7,9-11,15H,1-5,8H2. The summed E-state index contributed by atoms with van der Waals surface area (Å²) < 4.78 is 7.88.